The first-order chi connectivity index (χ1) is 9.76. The van der Waals surface area contributed by atoms with Crippen molar-refractivity contribution in [2.24, 2.45) is 0 Å². The molecular weight excluding hydrogens is 254 g/mol. The van der Waals surface area contributed by atoms with Crippen molar-refractivity contribution in [1.82, 2.24) is 5.32 Å². The van der Waals surface area contributed by atoms with Gasteiger partial charge in [0, 0.05) is 19.8 Å². The molecule has 0 bridgehead atoms. The molecule has 0 radical (unpaired) electrons. The Hall–Kier alpha value is -1.10. The Morgan fingerprint density at radius 3 is 2.90 bits per heavy atom. The normalized spacial score (nSPS) is 12.3. The molecule has 1 atom stereocenters. The Bertz CT molecular complexity index is 357. The third-order valence-corrected chi connectivity index (χ3v) is 2.98. The highest BCUT2D eigenvalue weighted by Crippen LogP contribution is 2.13. The summed E-state index contributed by atoms with van der Waals surface area (Å²) in [6.07, 6.45) is 1.45. The summed E-state index contributed by atoms with van der Waals surface area (Å²) in [6, 6.07) is 7.99. The lowest BCUT2D eigenvalue weighted by Crippen LogP contribution is -2.32. The van der Waals surface area contributed by atoms with Crippen LogP contribution in [0.15, 0.2) is 24.3 Å². The summed E-state index contributed by atoms with van der Waals surface area (Å²) in [7, 11) is 0. The van der Waals surface area contributed by atoms with Crippen LogP contribution in [0, 0.1) is 0 Å². The first-order valence-electron chi connectivity index (χ1n) is 7.44. The predicted octanol–water partition coefficient (Wildman–Crippen LogP) is 2.00. The van der Waals surface area contributed by atoms with Gasteiger partial charge in [0.05, 0.1) is 0 Å². The monoisotopic (exact) mass is 281 g/mol. The van der Waals surface area contributed by atoms with Gasteiger partial charge >= 0.3 is 0 Å². The summed E-state index contributed by atoms with van der Waals surface area (Å²) < 4.78 is 10.8. The third-order valence-electron chi connectivity index (χ3n) is 2.98. The van der Waals surface area contributed by atoms with Gasteiger partial charge in [-0.1, -0.05) is 19.1 Å². The molecule has 0 amide bonds. The number of hydrogen-bond donors (Lipinski definition) is 2. The van der Waals surface area contributed by atoms with Crippen molar-refractivity contribution in [1.29, 1.82) is 0 Å². The highest BCUT2D eigenvalue weighted by molar-refractivity contribution is 5.28. The molecule has 4 heteroatoms. The topological polar surface area (TPSA) is 50.7 Å². The summed E-state index contributed by atoms with van der Waals surface area (Å²) in [6.45, 7) is 7.32. The zero-order valence-electron chi connectivity index (χ0n) is 12.6. The van der Waals surface area contributed by atoms with Gasteiger partial charge in [0.15, 0.2) is 0 Å². The molecule has 1 unspecified atom stereocenters. The van der Waals surface area contributed by atoms with E-state index in [1.807, 2.05) is 25.1 Å². The average molecular weight is 281 g/mol. The first kappa shape index (κ1) is 17.0. The molecule has 1 aromatic carbocycles. The van der Waals surface area contributed by atoms with E-state index in [1.54, 1.807) is 0 Å². The average Bonchev–Trinajstić information content (AvgIpc) is 2.49. The van der Waals surface area contributed by atoms with E-state index in [4.69, 9.17) is 9.47 Å². The van der Waals surface area contributed by atoms with Crippen molar-refractivity contribution >= 4 is 0 Å². The van der Waals surface area contributed by atoms with Crippen molar-refractivity contribution in [3.8, 4) is 5.75 Å². The van der Waals surface area contributed by atoms with Crippen LogP contribution >= 0.6 is 0 Å². The smallest absolute Gasteiger partial charge is 0.119 e. The molecule has 0 saturated heterocycles. The fourth-order valence-electron chi connectivity index (χ4n) is 1.82. The van der Waals surface area contributed by atoms with Gasteiger partial charge in [-0.25, -0.2) is 0 Å². The van der Waals surface area contributed by atoms with Gasteiger partial charge in [-0.15, -0.1) is 0 Å². The standard InChI is InChI=1S/C16H27NO3/c1-3-14-7-5-8-16(11-14)20-13-15(18)12-17-9-6-10-19-4-2/h5,7-8,11,15,17-18H,3-4,6,9-10,12-13H2,1-2H3. The Kier molecular flexibility index (Phi) is 9.04. The SMILES string of the molecule is CCOCCCNCC(O)COc1cccc(CC)c1. The number of rotatable bonds is 11. The molecule has 20 heavy (non-hydrogen) atoms. The molecule has 0 aliphatic carbocycles. The minimum absolute atomic E-state index is 0.311. The second-order valence-corrected chi connectivity index (χ2v) is 4.72. The number of ether oxygens (including phenoxy) is 2. The van der Waals surface area contributed by atoms with Crippen LogP contribution < -0.4 is 10.1 Å². The second-order valence-electron chi connectivity index (χ2n) is 4.72. The maximum absolute atomic E-state index is 9.82. The van der Waals surface area contributed by atoms with Crippen molar-refractivity contribution in [3.05, 3.63) is 29.8 Å². The molecule has 0 aliphatic rings. The van der Waals surface area contributed by atoms with E-state index in [2.05, 4.69) is 18.3 Å². The lowest BCUT2D eigenvalue weighted by atomic mass is 10.2. The van der Waals surface area contributed by atoms with Gasteiger partial charge in [-0.3, -0.25) is 0 Å². The highest BCUT2D eigenvalue weighted by atomic mass is 16.5. The number of hydrogen-bond acceptors (Lipinski definition) is 4. The van der Waals surface area contributed by atoms with Crippen molar-refractivity contribution in [3.63, 3.8) is 0 Å². The molecule has 0 aromatic heterocycles. The van der Waals surface area contributed by atoms with E-state index >= 15 is 0 Å². The molecule has 4 nitrogen and oxygen atoms in total. The van der Waals surface area contributed by atoms with Gasteiger partial charge < -0.3 is 19.9 Å². The molecule has 0 saturated carbocycles. The van der Waals surface area contributed by atoms with Crippen LogP contribution in [0.2, 0.25) is 0 Å². The van der Waals surface area contributed by atoms with E-state index in [-0.39, 0.29) is 0 Å². The minimum atomic E-state index is -0.493. The fraction of sp³-hybridized carbons (Fsp3) is 0.625. The first-order valence-corrected chi connectivity index (χ1v) is 7.44. The van der Waals surface area contributed by atoms with Crippen molar-refractivity contribution < 1.29 is 14.6 Å². The molecule has 1 rings (SSSR count). The van der Waals surface area contributed by atoms with Crippen molar-refractivity contribution in [2.45, 2.75) is 32.8 Å². The quantitative estimate of drug-likeness (QED) is 0.609. The van der Waals surface area contributed by atoms with Gasteiger partial charge in [0.1, 0.15) is 18.5 Å². The Morgan fingerprint density at radius 1 is 1.30 bits per heavy atom. The highest BCUT2D eigenvalue weighted by Gasteiger charge is 2.05. The zero-order chi connectivity index (χ0) is 14.6. The van der Waals surface area contributed by atoms with Gasteiger partial charge in [-0.05, 0) is 44.0 Å². The summed E-state index contributed by atoms with van der Waals surface area (Å²) >= 11 is 0. The number of aliphatic hydroxyl groups is 1. The largest absolute Gasteiger partial charge is 0.491 e. The second kappa shape index (κ2) is 10.7. The van der Waals surface area contributed by atoms with Crippen LogP contribution in [0.5, 0.6) is 5.75 Å². The predicted molar refractivity (Wildman–Crippen MR) is 81.3 cm³/mol. The van der Waals surface area contributed by atoms with Crippen LogP contribution in [0.1, 0.15) is 25.8 Å². The van der Waals surface area contributed by atoms with Gasteiger partial charge in [0.2, 0.25) is 0 Å². The van der Waals surface area contributed by atoms with Crippen molar-refractivity contribution in [2.75, 3.05) is 32.9 Å². The lowest BCUT2D eigenvalue weighted by molar-refractivity contribution is 0.104. The summed E-state index contributed by atoms with van der Waals surface area (Å²) in [5.41, 5.74) is 1.24. The molecule has 0 spiro atoms. The Balaban J connectivity index is 2.11. The molecule has 0 heterocycles. The van der Waals surface area contributed by atoms with Gasteiger partial charge in [0.25, 0.3) is 0 Å². The molecule has 114 valence electrons. The van der Waals surface area contributed by atoms with E-state index in [0.717, 1.165) is 38.3 Å². The van der Waals surface area contributed by atoms with E-state index in [0.29, 0.717) is 13.2 Å². The van der Waals surface area contributed by atoms with Gasteiger partial charge in [-0.2, -0.15) is 0 Å². The maximum atomic E-state index is 9.82. The third kappa shape index (κ3) is 7.48. The summed E-state index contributed by atoms with van der Waals surface area (Å²) in [4.78, 5) is 0. The van der Waals surface area contributed by atoms with E-state index < -0.39 is 6.10 Å². The summed E-state index contributed by atoms with van der Waals surface area (Å²) in [5, 5.41) is 13.0. The minimum Gasteiger partial charge on any atom is -0.491 e. The lowest BCUT2D eigenvalue weighted by Gasteiger charge is -2.13. The zero-order valence-corrected chi connectivity index (χ0v) is 12.6. The Labute approximate surface area is 122 Å². The van der Waals surface area contributed by atoms with Crippen LogP contribution in [-0.2, 0) is 11.2 Å². The molecular formula is C16H27NO3. The number of benzene rings is 1. The molecule has 1 aromatic rings. The van der Waals surface area contributed by atoms with Crippen LogP contribution in [0.3, 0.4) is 0 Å². The maximum Gasteiger partial charge on any atom is 0.119 e. The van der Waals surface area contributed by atoms with Crippen LogP contribution in [0.4, 0.5) is 0 Å². The number of aliphatic hydroxyl groups excluding tert-OH is 1. The molecule has 2 N–H and O–H groups in total. The van der Waals surface area contributed by atoms with E-state index in [1.165, 1.54) is 5.56 Å². The summed E-state index contributed by atoms with van der Waals surface area (Å²) in [5.74, 6) is 0.819. The van der Waals surface area contributed by atoms with E-state index in [9.17, 15) is 5.11 Å². The molecule has 0 fully saturated rings. The molecule has 0 aliphatic heterocycles. The Morgan fingerprint density at radius 2 is 2.15 bits per heavy atom. The fourth-order valence-corrected chi connectivity index (χ4v) is 1.82. The van der Waals surface area contributed by atoms with Crippen LogP contribution in [-0.4, -0.2) is 44.1 Å². The van der Waals surface area contributed by atoms with Crippen LogP contribution in [0.25, 0.3) is 0 Å². The number of aryl methyl sites for hydroxylation is 1. The number of nitrogens with one attached hydrogen (secondary N) is 1.